The Labute approximate surface area is 186 Å². The number of benzene rings is 2. The van der Waals surface area contributed by atoms with E-state index >= 15 is 0 Å². The van der Waals surface area contributed by atoms with Gasteiger partial charge in [-0.2, -0.15) is 26.3 Å². The van der Waals surface area contributed by atoms with Crippen molar-refractivity contribution in [1.82, 2.24) is 10.6 Å². The van der Waals surface area contributed by atoms with Gasteiger partial charge in [-0.1, -0.05) is 30.3 Å². The van der Waals surface area contributed by atoms with E-state index in [-0.39, 0.29) is 24.1 Å². The first-order chi connectivity index (χ1) is 15.3. The largest absolute Gasteiger partial charge is 0.416 e. The Balaban J connectivity index is 1.59. The van der Waals surface area contributed by atoms with Crippen LogP contribution in [0.15, 0.2) is 48.5 Å². The van der Waals surface area contributed by atoms with E-state index in [1.165, 1.54) is 6.92 Å². The molecule has 2 aromatic rings. The number of hydrogen-bond donors (Lipinski definition) is 2. The summed E-state index contributed by atoms with van der Waals surface area (Å²) in [4.78, 5) is 12.3. The molecule has 1 amide bonds. The zero-order chi connectivity index (χ0) is 24.1. The van der Waals surface area contributed by atoms with Crippen molar-refractivity contribution >= 4 is 5.91 Å². The minimum Gasteiger partial charge on any atom is -0.373 e. The van der Waals surface area contributed by atoms with E-state index in [4.69, 9.17) is 4.74 Å². The highest BCUT2D eigenvalue weighted by Gasteiger charge is 2.61. The average Bonchev–Trinajstić information content (AvgIpc) is 3.11. The second-order valence-electron chi connectivity index (χ2n) is 8.73. The van der Waals surface area contributed by atoms with E-state index in [2.05, 4.69) is 10.6 Å². The maximum absolute atomic E-state index is 13.2. The Morgan fingerprint density at radius 1 is 0.970 bits per heavy atom. The molecule has 178 valence electrons. The first-order valence-electron chi connectivity index (χ1n) is 10.3. The van der Waals surface area contributed by atoms with Gasteiger partial charge in [0.25, 0.3) is 0 Å². The lowest BCUT2D eigenvalue weighted by Crippen LogP contribution is -2.65. The van der Waals surface area contributed by atoms with Crippen LogP contribution >= 0.6 is 0 Å². The SMILES string of the molecule is C[C@@H](OCC1(c2ccccc2)CC2(C1)NCNC2=O)c1cc(C(F)(F)F)cc(C(F)(F)F)c1. The summed E-state index contributed by atoms with van der Waals surface area (Å²) in [5.41, 5.74) is -3.43. The van der Waals surface area contributed by atoms with E-state index in [9.17, 15) is 31.1 Å². The van der Waals surface area contributed by atoms with Crippen molar-refractivity contribution in [2.24, 2.45) is 0 Å². The van der Waals surface area contributed by atoms with Crippen LogP contribution in [0.25, 0.3) is 0 Å². The van der Waals surface area contributed by atoms with Gasteiger partial charge in [-0.15, -0.1) is 0 Å². The molecular weight excluding hydrogens is 450 g/mol. The minimum absolute atomic E-state index is 0.0342. The molecule has 2 aliphatic rings. The smallest absolute Gasteiger partial charge is 0.373 e. The first-order valence-corrected chi connectivity index (χ1v) is 10.3. The van der Waals surface area contributed by atoms with E-state index in [1.54, 1.807) is 0 Å². The van der Waals surface area contributed by atoms with E-state index < -0.39 is 40.5 Å². The van der Waals surface area contributed by atoms with Crippen molar-refractivity contribution < 1.29 is 35.9 Å². The second-order valence-corrected chi connectivity index (χ2v) is 8.73. The molecule has 1 aliphatic heterocycles. The van der Waals surface area contributed by atoms with Crippen LogP contribution < -0.4 is 10.6 Å². The third kappa shape index (κ3) is 4.46. The zero-order valence-corrected chi connectivity index (χ0v) is 17.6. The fraction of sp³-hybridized carbons (Fsp3) is 0.435. The maximum atomic E-state index is 13.2. The molecule has 1 aliphatic carbocycles. The zero-order valence-electron chi connectivity index (χ0n) is 17.6. The Hall–Kier alpha value is -2.59. The van der Waals surface area contributed by atoms with Gasteiger partial charge in [0.15, 0.2) is 0 Å². The summed E-state index contributed by atoms with van der Waals surface area (Å²) in [6.07, 6.45) is -10.1. The molecule has 1 saturated heterocycles. The molecule has 2 aromatic carbocycles. The summed E-state index contributed by atoms with van der Waals surface area (Å²) in [6, 6.07) is 10.7. The molecule has 2 N–H and O–H groups in total. The number of halogens is 6. The highest BCUT2D eigenvalue weighted by molar-refractivity contribution is 5.90. The third-order valence-electron chi connectivity index (χ3n) is 6.47. The highest BCUT2D eigenvalue weighted by Crippen LogP contribution is 2.52. The fourth-order valence-corrected chi connectivity index (χ4v) is 4.71. The van der Waals surface area contributed by atoms with Gasteiger partial charge in [0.1, 0.15) is 5.54 Å². The van der Waals surface area contributed by atoms with Crippen LogP contribution in [0.3, 0.4) is 0 Å². The second kappa shape index (κ2) is 8.02. The van der Waals surface area contributed by atoms with Crippen molar-refractivity contribution in [2.75, 3.05) is 13.3 Å². The number of carbonyl (C=O) groups is 1. The van der Waals surface area contributed by atoms with Crippen molar-refractivity contribution in [1.29, 1.82) is 0 Å². The molecule has 1 atom stereocenters. The predicted octanol–water partition coefficient (Wildman–Crippen LogP) is 4.95. The summed E-state index contributed by atoms with van der Waals surface area (Å²) in [5.74, 6) is -0.130. The molecular formula is C23H22F6N2O2. The maximum Gasteiger partial charge on any atom is 0.416 e. The molecule has 0 unspecified atom stereocenters. The summed E-state index contributed by atoms with van der Waals surface area (Å²) in [6.45, 7) is 1.79. The monoisotopic (exact) mass is 472 g/mol. The Morgan fingerprint density at radius 3 is 2.03 bits per heavy atom. The summed E-state index contributed by atoms with van der Waals surface area (Å²) in [7, 11) is 0. The lowest BCUT2D eigenvalue weighted by molar-refractivity contribution is -0.143. The molecule has 1 saturated carbocycles. The van der Waals surface area contributed by atoms with Gasteiger partial charge in [-0.3, -0.25) is 10.1 Å². The summed E-state index contributed by atoms with van der Waals surface area (Å²) >= 11 is 0. The average molecular weight is 472 g/mol. The highest BCUT2D eigenvalue weighted by atomic mass is 19.4. The van der Waals surface area contributed by atoms with Crippen LogP contribution in [0.1, 0.15) is 48.1 Å². The standard InChI is InChI=1S/C23H22F6N2O2/c1-14(15-7-17(22(24,25)26)9-18(8-15)23(27,28)29)33-12-20(16-5-3-2-4-6-16)10-21(11-20)19(32)30-13-31-21/h2-9,14,31H,10-13H2,1H3,(H,30,32)/t14-,20?,21?/m1/s1. The number of carbonyl (C=O) groups excluding carboxylic acids is 1. The molecule has 4 rings (SSSR count). The van der Waals surface area contributed by atoms with Gasteiger partial charge in [0.05, 0.1) is 30.5 Å². The number of rotatable bonds is 5. The number of amides is 1. The van der Waals surface area contributed by atoms with E-state index in [0.717, 1.165) is 5.56 Å². The Kier molecular flexibility index (Phi) is 5.73. The van der Waals surface area contributed by atoms with E-state index in [1.807, 2.05) is 30.3 Å². The molecule has 2 fully saturated rings. The lowest BCUT2D eigenvalue weighted by atomic mass is 9.54. The number of alkyl halides is 6. The molecule has 4 nitrogen and oxygen atoms in total. The molecule has 0 bridgehead atoms. The first kappa shape index (κ1) is 23.6. The minimum atomic E-state index is -4.93. The van der Waals surface area contributed by atoms with Crippen LogP contribution in [-0.4, -0.2) is 24.7 Å². The lowest BCUT2D eigenvalue weighted by Gasteiger charge is -2.53. The van der Waals surface area contributed by atoms with Gasteiger partial charge in [0, 0.05) is 5.41 Å². The summed E-state index contributed by atoms with van der Waals surface area (Å²) in [5, 5.41) is 5.87. The molecule has 0 aromatic heterocycles. The molecule has 10 heteroatoms. The Bertz CT molecular complexity index is 997. The number of nitrogens with one attached hydrogen (secondary N) is 2. The quantitative estimate of drug-likeness (QED) is 0.606. The van der Waals surface area contributed by atoms with Crippen LogP contribution in [-0.2, 0) is 27.3 Å². The van der Waals surface area contributed by atoms with Gasteiger partial charge >= 0.3 is 12.4 Å². The van der Waals surface area contributed by atoms with Crippen LogP contribution in [0.2, 0.25) is 0 Å². The third-order valence-corrected chi connectivity index (χ3v) is 6.47. The molecule has 33 heavy (non-hydrogen) atoms. The van der Waals surface area contributed by atoms with Crippen molar-refractivity contribution in [2.45, 2.75) is 49.2 Å². The predicted molar refractivity (Wildman–Crippen MR) is 107 cm³/mol. The topological polar surface area (TPSA) is 50.4 Å². The van der Waals surface area contributed by atoms with Crippen molar-refractivity contribution in [3.8, 4) is 0 Å². The number of ether oxygens (including phenoxy) is 1. The van der Waals surface area contributed by atoms with Crippen molar-refractivity contribution in [3.63, 3.8) is 0 Å². The Morgan fingerprint density at radius 2 is 1.55 bits per heavy atom. The molecule has 1 heterocycles. The molecule has 1 spiro atoms. The van der Waals surface area contributed by atoms with Gasteiger partial charge in [-0.25, -0.2) is 0 Å². The van der Waals surface area contributed by atoms with Crippen LogP contribution in [0.4, 0.5) is 26.3 Å². The fourth-order valence-electron chi connectivity index (χ4n) is 4.71. The van der Waals surface area contributed by atoms with Gasteiger partial charge < -0.3 is 10.1 Å². The molecule has 0 radical (unpaired) electrons. The van der Waals surface area contributed by atoms with Crippen LogP contribution in [0.5, 0.6) is 0 Å². The van der Waals surface area contributed by atoms with Gasteiger partial charge in [-0.05, 0) is 49.1 Å². The van der Waals surface area contributed by atoms with E-state index in [0.29, 0.717) is 31.6 Å². The summed E-state index contributed by atoms with van der Waals surface area (Å²) < 4.78 is 85.1. The normalized spacial score (nSPS) is 26.2. The van der Waals surface area contributed by atoms with Crippen molar-refractivity contribution in [3.05, 3.63) is 70.8 Å². The van der Waals surface area contributed by atoms with Crippen LogP contribution in [0, 0.1) is 0 Å². The van der Waals surface area contributed by atoms with Gasteiger partial charge in [0.2, 0.25) is 5.91 Å². The number of hydrogen-bond acceptors (Lipinski definition) is 3.